The molecule has 0 aromatic carbocycles. The van der Waals surface area contributed by atoms with Crippen LogP contribution in [0.25, 0.3) is 0 Å². The van der Waals surface area contributed by atoms with Crippen LogP contribution in [-0.4, -0.2) is 16.2 Å². The van der Waals surface area contributed by atoms with E-state index in [9.17, 15) is 0 Å². The lowest BCUT2D eigenvalue weighted by molar-refractivity contribution is 0.319. The highest BCUT2D eigenvalue weighted by Gasteiger charge is 2.20. The van der Waals surface area contributed by atoms with Crippen molar-refractivity contribution in [3.63, 3.8) is 0 Å². The van der Waals surface area contributed by atoms with Gasteiger partial charge in [-0.1, -0.05) is 19.8 Å². The molecule has 3 nitrogen and oxygen atoms in total. The number of H-pyrrole nitrogens is 1. The Balaban J connectivity index is 1.74. The summed E-state index contributed by atoms with van der Waals surface area (Å²) >= 11 is 0. The Morgan fingerprint density at radius 2 is 2.20 bits per heavy atom. The number of aromatic amines is 1. The van der Waals surface area contributed by atoms with Crippen molar-refractivity contribution in [3.05, 3.63) is 12.4 Å². The highest BCUT2D eigenvalue weighted by Crippen LogP contribution is 2.29. The van der Waals surface area contributed by atoms with Crippen molar-refractivity contribution < 1.29 is 0 Å². The van der Waals surface area contributed by atoms with Gasteiger partial charge in [-0.15, -0.1) is 0 Å². The average molecular weight is 207 g/mol. The van der Waals surface area contributed by atoms with Crippen molar-refractivity contribution in [1.29, 1.82) is 0 Å². The molecule has 0 saturated heterocycles. The number of rotatable bonds is 4. The van der Waals surface area contributed by atoms with Crippen molar-refractivity contribution >= 4 is 5.69 Å². The van der Waals surface area contributed by atoms with Crippen molar-refractivity contribution in [2.75, 3.05) is 5.32 Å². The van der Waals surface area contributed by atoms with Crippen molar-refractivity contribution in [1.82, 2.24) is 10.2 Å². The fraction of sp³-hybridized carbons (Fsp3) is 0.750. The zero-order valence-electron chi connectivity index (χ0n) is 9.50. The third-order valence-electron chi connectivity index (χ3n) is 3.41. The first-order chi connectivity index (χ1) is 7.38. The maximum Gasteiger partial charge on any atom is 0.0725 e. The monoisotopic (exact) mass is 207 g/mol. The first kappa shape index (κ1) is 10.5. The van der Waals surface area contributed by atoms with Crippen LogP contribution in [0.1, 0.15) is 45.4 Å². The number of aromatic nitrogens is 2. The van der Waals surface area contributed by atoms with Gasteiger partial charge in [-0.05, 0) is 31.6 Å². The maximum absolute atomic E-state index is 3.94. The van der Waals surface area contributed by atoms with Crippen LogP contribution in [0.2, 0.25) is 0 Å². The van der Waals surface area contributed by atoms with Crippen LogP contribution in [0.4, 0.5) is 5.69 Å². The quantitative estimate of drug-likeness (QED) is 0.796. The topological polar surface area (TPSA) is 40.7 Å². The van der Waals surface area contributed by atoms with Gasteiger partial charge >= 0.3 is 0 Å². The molecule has 0 radical (unpaired) electrons. The summed E-state index contributed by atoms with van der Waals surface area (Å²) in [5.74, 6) is 0.984. The van der Waals surface area contributed by atoms with Crippen LogP contribution in [0.3, 0.4) is 0 Å². The molecular weight excluding hydrogens is 186 g/mol. The van der Waals surface area contributed by atoms with Gasteiger partial charge in [0.25, 0.3) is 0 Å². The molecule has 0 amide bonds. The summed E-state index contributed by atoms with van der Waals surface area (Å²) in [6.07, 6.45) is 12.0. The van der Waals surface area contributed by atoms with Gasteiger partial charge in [-0.3, -0.25) is 5.10 Å². The molecule has 0 unspecified atom stereocenters. The van der Waals surface area contributed by atoms with Crippen LogP contribution >= 0.6 is 0 Å². The van der Waals surface area contributed by atoms with E-state index < -0.39 is 0 Å². The highest BCUT2D eigenvalue weighted by atomic mass is 15.1. The van der Waals surface area contributed by atoms with Gasteiger partial charge in [0.05, 0.1) is 11.9 Å². The average Bonchev–Trinajstić information content (AvgIpc) is 2.74. The van der Waals surface area contributed by atoms with Crippen LogP contribution in [0.5, 0.6) is 0 Å². The summed E-state index contributed by atoms with van der Waals surface area (Å²) in [4.78, 5) is 0. The molecule has 3 heteroatoms. The molecule has 2 N–H and O–H groups in total. The fourth-order valence-electron chi connectivity index (χ4n) is 2.57. The Bertz CT molecular complexity index is 260. The van der Waals surface area contributed by atoms with Crippen molar-refractivity contribution in [2.45, 2.75) is 51.5 Å². The second-order valence-electron chi connectivity index (χ2n) is 4.64. The van der Waals surface area contributed by atoms with Crippen LogP contribution in [0, 0.1) is 5.92 Å². The predicted octanol–water partition coefficient (Wildman–Crippen LogP) is 3.18. The van der Waals surface area contributed by atoms with E-state index in [4.69, 9.17) is 0 Å². The third kappa shape index (κ3) is 2.98. The van der Waals surface area contributed by atoms with Crippen molar-refractivity contribution in [3.8, 4) is 0 Å². The molecule has 0 atom stereocenters. The summed E-state index contributed by atoms with van der Waals surface area (Å²) in [6.45, 7) is 2.29. The normalized spacial score (nSPS) is 26.5. The number of anilines is 1. The van der Waals surface area contributed by atoms with Gasteiger partial charge in [-0.25, -0.2) is 0 Å². The second kappa shape index (κ2) is 5.19. The Morgan fingerprint density at radius 1 is 1.40 bits per heavy atom. The first-order valence-electron chi connectivity index (χ1n) is 6.13. The van der Waals surface area contributed by atoms with E-state index >= 15 is 0 Å². The number of hydrogen-bond acceptors (Lipinski definition) is 2. The largest absolute Gasteiger partial charge is 0.380 e. The van der Waals surface area contributed by atoms with E-state index in [0.29, 0.717) is 6.04 Å². The number of hydrogen-bond donors (Lipinski definition) is 2. The Labute approximate surface area is 91.7 Å². The molecule has 1 aliphatic carbocycles. The molecule has 0 aliphatic heterocycles. The molecule has 84 valence electrons. The lowest BCUT2D eigenvalue weighted by atomic mass is 9.83. The Kier molecular flexibility index (Phi) is 3.64. The fourth-order valence-corrected chi connectivity index (χ4v) is 2.57. The van der Waals surface area contributed by atoms with E-state index in [0.717, 1.165) is 11.6 Å². The molecule has 15 heavy (non-hydrogen) atoms. The zero-order chi connectivity index (χ0) is 10.5. The molecular formula is C12H21N3. The molecule has 1 saturated carbocycles. The Morgan fingerprint density at radius 3 is 2.80 bits per heavy atom. The second-order valence-corrected chi connectivity index (χ2v) is 4.64. The molecule has 1 heterocycles. The van der Waals surface area contributed by atoms with Gasteiger partial charge in [0.1, 0.15) is 0 Å². The van der Waals surface area contributed by atoms with Gasteiger partial charge in [0.15, 0.2) is 0 Å². The smallest absolute Gasteiger partial charge is 0.0725 e. The molecule has 1 aromatic rings. The van der Waals surface area contributed by atoms with E-state index in [2.05, 4.69) is 22.4 Å². The van der Waals surface area contributed by atoms with Crippen molar-refractivity contribution in [2.24, 2.45) is 5.92 Å². The van der Waals surface area contributed by atoms with Gasteiger partial charge in [0.2, 0.25) is 0 Å². The van der Waals surface area contributed by atoms with Gasteiger partial charge in [-0.2, -0.15) is 5.10 Å². The minimum atomic E-state index is 0.663. The summed E-state index contributed by atoms with van der Waals surface area (Å²) in [5, 5.41) is 10.3. The van der Waals surface area contributed by atoms with E-state index in [1.54, 1.807) is 0 Å². The molecule has 0 bridgehead atoms. The number of nitrogens with one attached hydrogen (secondary N) is 2. The third-order valence-corrected chi connectivity index (χ3v) is 3.41. The minimum Gasteiger partial charge on any atom is -0.380 e. The lowest BCUT2D eigenvalue weighted by Gasteiger charge is -2.29. The van der Waals surface area contributed by atoms with E-state index in [1.807, 2.05) is 12.4 Å². The molecule has 1 fully saturated rings. The highest BCUT2D eigenvalue weighted by molar-refractivity contribution is 5.38. The van der Waals surface area contributed by atoms with Gasteiger partial charge < -0.3 is 5.32 Å². The summed E-state index contributed by atoms with van der Waals surface area (Å²) in [7, 11) is 0. The zero-order valence-corrected chi connectivity index (χ0v) is 9.50. The Hall–Kier alpha value is -0.990. The van der Waals surface area contributed by atoms with E-state index in [-0.39, 0.29) is 0 Å². The first-order valence-corrected chi connectivity index (χ1v) is 6.13. The summed E-state index contributed by atoms with van der Waals surface area (Å²) < 4.78 is 0. The molecule has 1 aliphatic rings. The standard InChI is InChI=1S/C12H21N3/c1-2-3-10-4-6-11(7-5-10)15-12-8-13-14-9-12/h8-11,15H,2-7H2,1H3,(H,13,14). The lowest BCUT2D eigenvalue weighted by Crippen LogP contribution is -2.25. The summed E-state index contributed by atoms with van der Waals surface area (Å²) in [6, 6.07) is 0.663. The minimum absolute atomic E-state index is 0.663. The predicted molar refractivity (Wildman–Crippen MR) is 62.9 cm³/mol. The van der Waals surface area contributed by atoms with Crippen LogP contribution in [-0.2, 0) is 0 Å². The summed E-state index contributed by atoms with van der Waals surface area (Å²) in [5.41, 5.74) is 1.13. The molecule has 0 spiro atoms. The van der Waals surface area contributed by atoms with Gasteiger partial charge in [0, 0.05) is 12.2 Å². The molecule has 2 rings (SSSR count). The van der Waals surface area contributed by atoms with Crippen LogP contribution < -0.4 is 5.32 Å². The number of nitrogens with zero attached hydrogens (tertiary/aromatic N) is 1. The SMILES string of the molecule is CCCC1CCC(Nc2cn[nH]c2)CC1. The maximum atomic E-state index is 3.94. The van der Waals surface area contributed by atoms with E-state index in [1.165, 1.54) is 38.5 Å². The van der Waals surface area contributed by atoms with Crippen LogP contribution in [0.15, 0.2) is 12.4 Å². The molecule has 1 aromatic heterocycles.